The highest BCUT2D eigenvalue weighted by Gasteiger charge is 2.03. The predicted octanol–water partition coefficient (Wildman–Crippen LogP) is 3.18. The molecule has 0 atom stereocenters. The fraction of sp³-hybridized carbons (Fsp3) is 0.450. The second kappa shape index (κ2) is 13.4. The minimum absolute atomic E-state index is 0. The molecule has 7 heteroatoms. The van der Waals surface area contributed by atoms with E-state index in [1.807, 2.05) is 19.1 Å². The van der Waals surface area contributed by atoms with Gasteiger partial charge in [0.25, 0.3) is 0 Å². The van der Waals surface area contributed by atoms with Gasteiger partial charge in [0.15, 0.2) is 5.96 Å². The Balaban J connectivity index is 0.00000364. The van der Waals surface area contributed by atoms with E-state index in [0.717, 1.165) is 49.0 Å². The summed E-state index contributed by atoms with van der Waals surface area (Å²) in [4.78, 5) is 4.53. The maximum atomic E-state index is 5.39. The van der Waals surface area contributed by atoms with Gasteiger partial charge in [-0.1, -0.05) is 12.1 Å². The maximum Gasteiger partial charge on any atom is 0.191 e. The van der Waals surface area contributed by atoms with Crippen molar-refractivity contribution >= 4 is 29.9 Å². The summed E-state index contributed by atoms with van der Waals surface area (Å²) in [5, 5.41) is 6.70. The molecule has 2 rings (SSSR count). The molecular weight excluding hydrogens is 457 g/mol. The fourth-order valence-corrected chi connectivity index (χ4v) is 2.53. The van der Waals surface area contributed by atoms with E-state index < -0.39 is 0 Å². The van der Waals surface area contributed by atoms with Crippen LogP contribution in [-0.2, 0) is 17.6 Å². The Morgan fingerprint density at radius 2 is 1.89 bits per heavy atom. The second-order valence-electron chi connectivity index (χ2n) is 5.96. The lowest BCUT2D eigenvalue weighted by Crippen LogP contribution is -2.39. The number of furan rings is 1. The summed E-state index contributed by atoms with van der Waals surface area (Å²) < 4.78 is 15.8. The van der Waals surface area contributed by atoms with Gasteiger partial charge >= 0.3 is 0 Å². The number of nitrogens with zero attached hydrogens (tertiary/aromatic N) is 1. The number of guanidine groups is 1. The largest absolute Gasteiger partial charge is 0.496 e. The zero-order chi connectivity index (χ0) is 18.6. The van der Waals surface area contributed by atoms with E-state index in [-0.39, 0.29) is 24.0 Å². The van der Waals surface area contributed by atoms with Crippen LogP contribution in [0.4, 0.5) is 0 Å². The summed E-state index contributed by atoms with van der Waals surface area (Å²) in [7, 11) is 3.38. The van der Waals surface area contributed by atoms with E-state index in [0.29, 0.717) is 13.2 Å². The van der Waals surface area contributed by atoms with E-state index in [4.69, 9.17) is 13.9 Å². The lowest BCUT2D eigenvalue weighted by molar-refractivity contribution is 0.208. The van der Waals surface area contributed by atoms with Gasteiger partial charge in [0.1, 0.15) is 11.5 Å². The van der Waals surface area contributed by atoms with Crippen LogP contribution < -0.4 is 15.4 Å². The smallest absolute Gasteiger partial charge is 0.191 e. The number of halogens is 1. The third-order valence-corrected chi connectivity index (χ3v) is 3.99. The molecule has 2 aromatic rings. The van der Waals surface area contributed by atoms with Gasteiger partial charge in [0, 0.05) is 26.6 Å². The van der Waals surface area contributed by atoms with E-state index >= 15 is 0 Å². The van der Waals surface area contributed by atoms with E-state index in [1.54, 1.807) is 20.5 Å². The molecule has 0 aliphatic carbocycles. The molecule has 1 aromatic carbocycles. The van der Waals surface area contributed by atoms with Crippen LogP contribution >= 0.6 is 24.0 Å². The molecule has 0 spiro atoms. The molecule has 0 bridgehead atoms. The van der Waals surface area contributed by atoms with Crippen molar-refractivity contribution in [2.24, 2.45) is 4.99 Å². The minimum atomic E-state index is 0. The van der Waals surface area contributed by atoms with E-state index in [1.165, 1.54) is 5.56 Å². The topological polar surface area (TPSA) is 68.0 Å². The van der Waals surface area contributed by atoms with Gasteiger partial charge in [0.2, 0.25) is 0 Å². The molecule has 0 radical (unpaired) electrons. The summed E-state index contributed by atoms with van der Waals surface area (Å²) in [6.45, 7) is 4.80. The van der Waals surface area contributed by atoms with Crippen LogP contribution in [0, 0.1) is 6.92 Å². The summed E-state index contributed by atoms with van der Waals surface area (Å²) in [6.07, 6.45) is 3.39. The highest BCUT2D eigenvalue weighted by atomic mass is 127. The summed E-state index contributed by atoms with van der Waals surface area (Å²) in [5.41, 5.74) is 2.37. The van der Waals surface area contributed by atoms with E-state index in [9.17, 15) is 0 Å². The second-order valence-corrected chi connectivity index (χ2v) is 5.96. The third-order valence-electron chi connectivity index (χ3n) is 3.99. The number of nitrogens with one attached hydrogen (secondary N) is 2. The molecule has 0 saturated carbocycles. The van der Waals surface area contributed by atoms with Crippen LogP contribution in [0.1, 0.15) is 16.9 Å². The summed E-state index contributed by atoms with van der Waals surface area (Å²) >= 11 is 0. The first-order chi connectivity index (χ1) is 12.7. The van der Waals surface area contributed by atoms with Crippen molar-refractivity contribution in [3.05, 3.63) is 53.5 Å². The Morgan fingerprint density at radius 1 is 1.11 bits per heavy atom. The van der Waals surface area contributed by atoms with Crippen LogP contribution in [0.2, 0.25) is 0 Å². The molecule has 150 valence electrons. The summed E-state index contributed by atoms with van der Waals surface area (Å²) in [5.74, 6) is 2.67. The molecule has 0 unspecified atom stereocenters. The number of aryl methyl sites for hydroxylation is 1. The maximum absolute atomic E-state index is 5.39. The molecule has 0 aliphatic rings. The first-order valence-corrected chi connectivity index (χ1v) is 8.90. The molecule has 1 aromatic heterocycles. The molecule has 1 heterocycles. The molecular formula is C20H30IN3O3. The van der Waals surface area contributed by atoms with Gasteiger partial charge < -0.3 is 24.5 Å². The Kier molecular flexibility index (Phi) is 11.6. The zero-order valence-electron chi connectivity index (χ0n) is 16.3. The van der Waals surface area contributed by atoms with Gasteiger partial charge in [-0.2, -0.15) is 0 Å². The summed E-state index contributed by atoms with van der Waals surface area (Å²) in [6, 6.07) is 10.2. The Hall–Kier alpha value is -1.74. The lowest BCUT2D eigenvalue weighted by Gasteiger charge is -2.13. The van der Waals surface area contributed by atoms with Crippen LogP contribution in [0.15, 0.2) is 46.0 Å². The van der Waals surface area contributed by atoms with E-state index in [2.05, 4.69) is 33.8 Å². The molecule has 6 nitrogen and oxygen atoms in total. The van der Waals surface area contributed by atoms with Crippen LogP contribution in [0.3, 0.4) is 0 Å². The number of rotatable bonds is 10. The van der Waals surface area contributed by atoms with Crippen LogP contribution in [-0.4, -0.2) is 46.4 Å². The highest BCUT2D eigenvalue weighted by molar-refractivity contribution is 14.0. The van der Waals surface area contributed by atoms with Gasteiger partial charge in [-0.3, -0.25) is 4.99 Å². The lowest BCUT2D eigenvalue weighted by atomic mass is 10.1. The molecule has 0 aliphatic heterocycles. The standard InChI is InChI=1S/C20H29N3O3.HI/c1-16-6-7-17(15-19(16)25-3)8-10-21-20(23-12-14-24-2)22-11-9-18-5-4-13-26-18;/h4-7,13,15H,8-12,14H2,1-3H3,(H2,21,22,23);1H. The Morgan fingerprint density at radius 3 is 2.56 bits per heavy atom. The van der Waals surface area contributed by atoms with Gasteiger partial charge in [-0.25, -0.2) is 0 Å². The van der Waals surface area contributed by atoms with Gasteiger partial charge in [-0.05, 0) is 42.7 Å². The predicted molar refractivity (Wildman–Crippen MR) is 119 cm³/mol. The molecule has 27 heavy (non-hydrogen) atoms. The molecule has 2 N–H and O–H groups in total. The monoisotopic (exact) mass is 487 g/mol. The van der Waals surface area contributed by atoms with Crippen molar-refractivity contribution in [1.29, 1.82) is 0 Å². The number of hydrogen-bond acceptors (Lipinski definition) is 4. The minimum Gasteiger partial charge on any atom is -0.496 e. The van der Waals surface area contributed by atoms with Crippen molar-refractivity contribution in [3.63, 3.8) is 0 Å². The average molecular weight is 487 g/mol. The Bertz CT molecular complexity index is 675. The van der Waals surface area contributed by atoms with Gasteiger partial charge in [-0.15, -0.1) is 24.0 Å². The van der Waals surface area contributed by atoms with Crippen molar-refractivity contribution in [2.45, 2.75) is 19.8 Å². The number of methoxy groups -OCH3 is 2. The number of ether oxygens (including phenoxy) is 2. The first-order valence-electron chi connectivity index (χ1n) is 8.90. The third kappa shape index (κ3) is 8.66. The van der Waals surface area contributed by atoms with Crippen molar-refractivity contribution in [1.82, 2.24) is 10.6 Å². The van der Waals surface area contributed by atoms with Gasteiger partial charge in [0.05, 0.1) is 26.5 Å². The Labute approximate surface area is 178 Å². The van der Waals surface area contributed by atoms with Crippen LogP contribution in [0.5, 0.6) is 5.75 Å². The average Bonchev–Trinajstić information content (AvgIpc) is 3.16. The molecule has 0 amide bonds. The van der Waals surface area contributed by atoms with Crippen LogP contribution in [0.25, 0.3) is 0 Å². The first kappa shape index (κ1) is 23.3. The normalized spacial score (nSPS) is 11.0. The fourth-order valence-electron chi connectivity index (χ4n) is 2.53. The van der Waals surface area contributed by atoms with Crippen molar-refractivity contribution < 1.29 is 13.9 Å². The van der Waals surface area contributed by atoms with Crippen molar-refractivity contribution in [3.8, 4) is 5.75 Å². The zero-order valence-corrected chi connectivity index (χ0v) is 18.6. The highest BCUT2D eigenvalue weighted by Crippen LogP contribution is 2.18. The number of benzene rings is 1. The quantitative estimate of drug-likeness (QED) is 0.233. The molecule has 0 saturated heterocycles. The SMILES string of the molecule is COCCN=C(NCCc1ccc(C)c(OC)c1)NCCc1ccco1.I. The number of aliphatic imine (C=N–C) groups is 1. The number of hydrogen-bond donors (Lipinski definition) is 2. The van der Waals surface area contributed by atoms with Crippen molar-refractivity contribution in [2.75, 3.05) is 40.5 Å². The molecule has 0 fully saturated rings.